The number of carbonyl (C=O) groups is 2. The maximum Gasteiger partial charge on any atom is 0.264 e. The van der Waals surface area contributed by atoms with Gasteiger partial charge in [0.2, 0.25) is 11.8 Å². The highest BCUT2D eigenvalue weighted by atomic mass is 127. The van der Waals surface area contributed by atoms with Gasteiger partial charge in [0, 0.05) is 21.2 Å². The van der Waals surface area contributed by atoms with E-state index in [2.05, 4.69) is 27.9 Å². The first kappa shape index (κ1) is 29.4. The summed E-state index contributed by atoms with van der Waals surface area (Å²) in [6.07, 6.45) is 3.95. The van der Waals surface area contributed by atoms with E-state index in [4.69, 9.17) is 11.6 Å². The molecule has 0 unspecified atom stereocenters. The van der Waals surface area contributed by atoms with Gasteiger partial charge in [-0.2, -0.15) is 0 Å². The Kier molecular flexibility index (Phi) is 9.90. The molecule has 1 saturated carbocycles. The van der Waals surface area contributed by atoms with Crippen molar-refractivity contribution in [3.63, 3.8) is 0 Å². The van der Waals surface area contributed by atoms with Gasteiger partial charge in [0.15, 0.2) is 0 Å². The third-order valence-electron chi connectivity index (χ3n) is 6.84. The minimum atomic E-state index is -4.08. The van der Waals surface area contributed by atoms with E-state index in [1.807, 2.05) is 6.07 Å². The monoisotopic (exact) mass is 679 g/mol. The molecule has 0 radical (unpaired) electrons. The van der Waals surface area contributed by atoms with Gasteiger partial charge in [-0.05, 0) is 96.5 Å². The second-order valence-electron chi connectivity index (χ2n) is 9.62. The zero-order chi connectivity index (χ0) is 28.0. The molecule has 4 rings (SSSR count). The van der Waals surface area contributed by atoms with Crippen molar-refractivity contribution in [3.05, 3.63) is 93.0 Å². The lowest BCUT2D eigenvalue weighted by molar-refractivity contribution is -0.139. The second kappa shape index (κ2) is 13.1. The Morgan fingerprint density at radius 2 is 1.67 bits per heavy atom. The number of benzene rings is 3. The predicted molar refractivity (Wildman–Crippen MR) is 162 cm³/mol. The van der Waals surface area contributed by atoms with Crippen LogP contribution in [0.2, 0.25) is 5.02 Å². The third kappa shape index (κ3) is 7.52. The second-order valence-corrected chi connectivity index (χ2v) is 13.2. The van der Waals surface area contributed by atoms with Gasteiger partial charge in [0.25, 0.3) is 10.0 Å². The van der Waals surface area contributed by atoms with Gasteiger partial charge in [-0.25, -0.2) is 8.42 Å². The number of nitrogens with zero attached hydrogens (tertiary/aromatic N) is 2. The smallest absolute Gasteiger partial charge is 0.264 e. The van der Waals surface area contributed by atoms with E-state index in [-0.39, 0.29) is 23.4 Å². The van der Waals surface area contributed by atoms with Crippen LogP contribution in [0.4, 0.5) is 5.69 Å². The Morgan fingerprint density at radius 1 is 1.00 bits per heavy atom. The minimum Gasteiger partial charge on any atom is -0.352 e. The lowest BCUT2D eigenvalue weighted by atomic mass is 10.1. The topological polar surface area (TPSA) is 86.8 Å². The molecule has 0 aromatic heterocycles. The molecule has 0 spiro atoms. The van der Waals surface area contributed by atoms with Crippen molar-refractivity contribution < 1.29 is 18.0 Å². The van der Waals surface area contributed by atoms with Crippen molar-refractivity contribution in [2.24, 2.45) is 0 Å². The SMILES string of the molecule is C[C@@H](C(=O)NC1CCCC1)N(Cc1cccc(Cl)c1)C(=O)CN(c1ccc(I)cc1)S(=O)(=O)c1ccccc1. The number of carbonyl (C=O) groups excluding carboxylic acids is 2. The summed E-state index contributed by atoms with van der Waals surface area (Å²) in [5.74, 6) is -0.758. The number of hydrogen-bond acceptors (Lipinski definition) is 4. The summed E-state index contributed by atoms with van der Waals surface area (Å²) in [5.41, 5.74) is 1.10. The van der Waals surface area contributed by atoms with Gasteiger partial charge in [0.05, 0.1) is 10.6 Å². The van der Waals surface area contributed by atoms with E-state index in [9.17, 15) is 18.0 Å². The fourth-order valence-corrected chi connectivity index (χ4v) is 6.67. The normalized spacial score (nSPS) is 14.5. The first-order chi connectivity index (χ1) is 18.6. The van der Waals surface area contributed by atoms with Gasteiger partial charge < -0.3 is 10.2 Å². The van der Waals surface area contributed by atoms with Gasteiger partial charge in [-0.1, -0.05) is 54.8 Å². The molecule has 0 saturated heterocycles. The molecule has 1 atom stereocenters. The lowest BCUT2D eigenvalue weighted by Crippen LogP contribution is -2.52. The van der Waals surface area contributed by atoms with Crippen LogP contribution in [0.25, 0.3) is 0 Å². The van der Waals surface area contributed by atoms with Crippen molar-refractivity contribution in [1.29, 1.82) is 0 Å². The quantitative estimate of drug-likeness (QED) is 0.282. The van der Waals surface area contributed by atoms with E-state index in [1.54, 1.807) is 67.6 Å². The van der Waals surface area contributed by atoms with Crippen LogP contribution in [-0.4, -0.2) is 43.8 Å². The molecule has 1 aliphatic rings. The number of anilines is 1. The summed E-state index contributed by atoms with van der Waals surface area (Å²) in [4.78, 5) is 28.7. The molecule has 3 aromatic rings. The summed E-state index contributed by atoms with van der Waals surface area (Å²) in [5, 5.41) is 3.58. The molecular weight excluding hydrogens is 649 g/mol. The van der Waals surface area contributed by atoms with Crippen molar-refractivity contribution in [2.75, 3.05) is 10.8 Å². The number of sulfonamides is 1. The van der Waals surface area contributed by atoms with Crippen LogP contribution in [0, 0.1) is 3.57 Å². The summed E-state index contributed by atoms with van der Waals surface area (Å²) >= 11 is 8.34. The molecule has 39 heavy (non-hydrogen) atoms. The zero-order valence-electron chi connectivity index (χ0n) is 21.6. The highest BCUT2D eigenvalue weighted by Gasteiger charge is 2.33. The summed E-state index contributed by atoms with van der Waals surface area (Å²) in [6, 6.07) is 21.3. The van der Waals surface area contributed by atoms with Crippen LogP contribution in [0.1, 0.15) is 38.2 Å². The average Bonchev–Trinajstić information content (AvgIpc) is 3.44. The van der Waals surface area contributed by atoms with Crippen LogP contribution in [0.5, 0.6) is 0 Å². The van der Waals surface area contributed by atoms with Gasteiger partial charge in [0.1, 0.15) is 12.6 Å². The maximum absolute atomic E-state index is 13.9. The molecule has 0 bridgehead atoms. The number of hydrogen-bond donors (Lipinski definition) is 1. The van der Waals surface area contributed by atoms with Crippen LogP contribution in [0.15, 0.2) is 83.8 Å². The number of nitrogens with one attached hydrogen (secondary N) is 1. The average molecular weight is 680 g/mol. The molecule has 3 aromatic carbocycles. The van der Waals surface area contributed by atoms with Gasteiger partial charge in [-0.3, -0.25) is 13.9 Å². The Hall–Kier alpha value is -2.63. The molecule has 0 aliphatic heterocycles. The van der Waals surface area contributed by atoms with Crippen molar-refractivity contribution in [2.45, 2.75) is 56.1 Å². The van der Waals surface area contributed by atoms with E-state index < -0.39 is 28.5 Å². The van der Waals surface area contributed by atoms with E-state index >= 15 is 0 Å². The minimum absolute atomic E-state index is 0.0739. The fraction of sp³-hybridized carbons (Fsp3) is 0.310. The lowest BCUT2D eigenvalue weighted by Gasteiger charge is -2.32. The Bertz CT molecular complexity index is 1400. The number of rotatable bonds is 10. The summed E-state index contributed by atoms with van der Waals surface area (Å²) in [7, 11) is -4.08. The molecule has 0 heterocycles. The molecule has 1 aliphatic carbocycles. The highest BCUT2D eigenvalue weighted by molar-refractivity contribution is 14.1. The fourth-order valence-electron chi connectivity index (χ4n) is 4.66. The summed E-state index contributed by atoms with van der Waals surface area (Å²) in [6.45, 7) is 1.30. The van der Waals surface area contributed by atoms with E-state index in [0.29, 0.717) is 10.7 Å². The van der Waals surface area contributed by atoms with Gasteiger partial charge >= 0.3 is 0 Å². The zero-order valence-corrected chi connectivity index (χ0v) is 25.3. The Balaban J connectivity index is 1.67. The Labute approximate surface area is 248 Å². The number of halogens is 2. The maximum atomic E-state index is 13.9. The number of amides is 2. The van der Waals surface area contributed by atoms with Crippen molar-refractivity contribution in [3.8, 4) is 0 Å². The van der Waals surface area contributed by atoms with Crippen LogP contribution >= 0.6 is 34.2 Å². The molecular formula is C29H31ClIN3O4S. The molecule has 206 valence electrons. The van der Waals surface area contributed by atoms with Crippen LogP contribution in [0.3, 0.4) is 0 Å². The molecule has 7 nitrogen and oxygen atoms in total. The molecule has 1 fully saturated rings. The third-order valence-corrected chi connectivity index (χ3v) is 9.58. The summed E-state index contributed by atoms with van der Waals surface area (Å²) < 4.78 is 29.6. The molecule has 2 amide bonds. The predicted octanol–water partition coefficient (Wildman–Crippen LogP) is 5.62. The highest BCUT2D eigenvalue weighted by Crippen LogP contribution is 2.26. The van der Waals surface area contributed by atoms with Crippen LogP contribution < -0.4 is 9.62 Å². The standard InChI is InChI=1S/C29H31ClIN3O4S/c1-21(29(36)32-25-10-5-6-11-25)33(19-22-8-7-9-23(30)18-22)28(35)20-34(26-16-14-24(31)15-17-26)39(37,38)27-12-3-2-4-13-27/h2-4,7-9,12-18,21,25H,5-6,10-11,19-20H2,1H3,(H,32,36)/t21-/m0/s1. The largest absolute Gasteiger partial charge is 0.352 e. The van der Waals surface area contributed by atoms with E-state index in [1.165, 1.54) is 17.0 Å². The molecule has 10 heteroatoms. The van der Waals surface area contributed by atoms with E-state index in [0.717, 1.165) is 39.1 Å². The first-order valence-corrected chi connectivity index (χ1v) is 15.7. The Morgan fingerprint density at radius 3 is 2.31 bits per heavy atom. The van der Waals surface area contributed by atoms with Gasteiger partial charge in [-0.15, -0.1) is 0 Å². The van der Waals surface area contributed by atoms with Crippen molar-refractivity contribution >= 4 is 61.7 Å². The molecule has 1 N–H and O–H groups in total. The van der Waals surface area contributed by atoms with Crippen LogP contribution in [-0.2, 0) is 26.2 Å². The first-order valence-electron chi connectivity index (χ1n) is 12.8. The van der Waals surface area contributed by atoms with Crippen molar-refractivity contribution in [1.82, 2.24) is 10.2 Å².